The Bertz CT molecular complexity index is 636. The van der Waals surface area contributed by atoms with Gasteiger partial charge in [0.15, 0.2) is 5.13 Å². The largest absolute Gasteiger partial charge is 0.373 e. The standard InChI is InChI=1S/C14H21N5OS/c1-4-6-15-14-16-9-12(21-14)10-19-13(20)7-11(8-17-19)18(3)5-2/h7-9H,4-6,10H2,1-3H3,(H,15,16). The molecule has 0 fully saturated rings. The number of hydrogen-bond acceptors (Lipinski definition) is 6. The molecule has 6 nitrogen and oxygen atoms in total. The summed E-state index contributed by atoms with van der Waals surface area (Å²) < 4.78 is 1.46. The smallest absolute Gasteiger partial charge is 0.269 e. The van der Waals surface area contributed by atoms with Crippen LogP contribution in [0.4, 0.5) is 10.8 Å². The quantitative estimate of drug-likeness (QED) is 0.848. The molecule has 0 radical (unpaired) electrons. The van der Waals surface area contributed by atoms with Gasteiger partial charge in [0, 0.05) is 37.3 Å². The van der Waals surface area contributed by atoms with Crippen LogP contribution >= 0.6 is 11.3 Å². The fourth-order valence-corrected chi connectivity index (χ4v) is 2.60. The van der Waals surface area contributed by atoms with Gasteiger partial charge in [0.2, 0.25) is 0 Å². The van der Waals surface area contributed by atoms with Crippen LogP contribution in [0.1, 0.15) is 25.1 Å². The summed E-state index contributed by atoms with van der Waals surface area (Å²) in [6.45, 7) is 6.35. The fraction of sp³-hybridized carbons (Fsp3) is 0.500. The van der Waals surface area contributed by atoms with Crippen molar-refractivity contribution in [3.63, 3.8) is 0 Å². The van der Waals surface area contributed by atoms with E-state index in [0.717, 1.165) is 35.2 Å². The highest BCUT2D eigenvalue weighted by Crippen LogP contribution is 2.18. The number of nitrogens with zero attached hydrogens (tertiary/aromatic N) is 4. The van der Waals surface area contributed by atoms with Crippen LogP contribution in [0.15, 0.2) is 23.3 Å². The summed E-state index contributed by atoms with van der Waals surface area (Å²) in [6.07, 6.45) is 4.58. The molecule has 1 N–H and O–H groups in total. The minimum Gasteiger partial charge on any atom is -0.373 e. The summed E-state index contributed by atoms with van der Waals surface area (Å²) in [5.74, 6) is 0. The number of hydrogen-bond donors (Lipinski definition) is 1. The van der Waals surface area contributed by atoms with E-state index < -0.39 is 0 Å². The number of aromatic nitrogens is 3. The molecular weight excluding hydrogens is 286 g/mol. The van der Waals surface area contributed by atoms with Crippen molar-refractivity contribution in [3.8, 4) is 0 Å². The Labute approximate surface area is 128 Å². The second-order valence-corrected chi connectivity index (χ2v) is 5.90. The Balaban J connectivity index is 2.09. The monoisotopic (exact) mass is 307 g/mol. The highest BCUT2D eigenvalue weighted by molar-refractivity contribution is 7.15. The van der Waals surface area contributed by atoms with Gasteiger partial charge in [-0.25, -0.2) is 9.67 Å². The van der Waals surface area contributed by atoms with E-state index in [4.69, 9.17) is 0 Å². The number of anilines is 2. The molecule has 0 spiro atoms. The van der Waals surface area contributed by atoms with E-state index in [1.54, 1.807) is 29.8 Å². The summed E-state index contributed by atoms with van der Waals surface area (Å²) >= 11 is 1.56. The Hall–Kier alpha value is -1.89. The topological polar surface area (TPSA) is 63.1 Å². The molecule has 0 unspecified atom stereocenters. The van der Waals surface area contributed by atoms with E-state index in [-0.39, 0.29) is 5.56 Å². The zero-order chi connectivity index (χ0) is 15.2. The molecule has 7 heteroatoms. The molecule has 0 amide bonds. The van der Waals surface area contributed by atoms with Crippen LogP contribution < -0.4 is 15.8 Å². The van der Waals surface area contributed by atoms with Gasteiger partial charge < -0.3 is 10.2 Å². The first-order valence-corrected chi connectivity index (χ1v) is 7.92. The maximum Gasteiger partial charge on any atom is 0.269 e. The summed E-state index contributed by atoms with van der Waals surface area (Å²) in [7, 11) is 1.94. The van der Waals surface area contributed by atoms with E-state index in [2.05, 4.69) is 22.3 Å². The maximum atomic E-state index is 12.1. The predicted octanol–water partition coefficient (Wildman–Crippen LogP) is 2.03. The van der Waals surface area contributed by atoms with E-state index in [9.17, 15) is 4.79 Å². The molecule has 0 atom stereocenters. The Morgan fingerprint density at radius 3 is 2.86 bits per heavy atom. The van der Waals surface area contributed by atoms with Crippen molar-refractivity contribution in [1.82, 2.24) is 14.8 Å². The van der Waals surface area contributed by atoms with Gasteiger partial charge in [-0.1, -0.05) is 6.92 Å². The maximum absolute atomic E-state index is 12.1. The van der Waals surface area contributed by atoms with Crippen molar-refractivity contribution >= 4 is 22.2 Å². The van der Waals surface area contributed by atoms with Crippen molar-refractivity contribution in [2.24, 2.45) is 0 Å². The SMILES string of the molecule is CCCNc1ncc(Cn2ncc(N(C)CC)cc2=O)s1. The third-order valence-corrected chi connectivity index (χ3v) is 4.10. The van der Waals surface area contributed by atoms with Crippen LogP contribution in [0.2, 0.25) is 0 Å². The third kappa shape index (κ3) is 4.04. The average Bonchev–Trinajstić information content (AvgIpc) is 2.94. The lowest BCUT2D eigenvalue weighted by Crippen LogP contribution is -2.25. The van der Waals surface area contributed by atoms with Gasteiger partial charge in [0.05, 0.1) is 18.4 Å². The molecule has 0 aliphatic carbocycles. The summed E-state index contributed by atoms with van der Waals surface area (Å²) in [6, 6.07) is 1.62. The molecule has 21 heavy (non-hydrogen) atoms. The first kappa shape index (κ1) is 15.5. The molecule has 0 saturated heterocycles. The van der Waals surface area contributed by atoms with Gasteiger partial charge in [-0.05, 0) is 13.3 Å². The molecule has 2 aromatic rings. The van der Waals surface area contributed by atoms with Crippen LogP contribution in [0.3, 0.4) is 0 Å². The molecule has 114 valence electrons. The van der Waals surface area contributed by atoms with Gasteiger partial charge in [-0.3, -0.25) is 4.79 Å². The van der Waals surface area contributed by atoms with E-state index >= 15 is 0 Å². The highest BCUT2D eigenvalue weighted by Gasteiger charge is 2.06. The van der Waals surface area contributed by atoms with E-state index in [1.807, 2.05) is 18.9 Å². The van der Waals surface area contributed by atoms with E-state index in [0.29, 0.717) is 6.54 Å². The van der Waals surface area contributed by atoms with Gasteiger partial charge in [-0.2, -0.15) is 5.10 Å². The second-order valence-electron chi connectivity index (χ2n) is 4.78. The number of rotatable bonds is 7. The normalized spacial score (nSPS) is 10.6. The van der Waals surface area contributed by atoms with Crippen molar-refractivity contribution < 1.29 is 0 Å². The lowest BCUT2D eigenvalue weighted by molar-refractivity contribution is 0.643. The molecule has 0 bridgehead atoms. The van der Waals surface area contributed by atoms with Crippen molar-refractivity contribution in [2.75, 3.05) is 30.4 Å². The molecule has 0 aliphatic rings. The molecule has 0 aliphatic heterocycles. The Kier molecular flexibility index (Phi) is 5.32. The molecule has 2 heterocycles. The van der Waals surface area contributed by atoms with Gasteiger partial charge >= 0.3 is 0 Å². The zero-order valence-corrected chi connectivity index (χ0v) is 13.5. The van der Waals surface area contributed by atoms with Gasteiger partial charge in [0.1, 0.15) is 0 Å². The van der Waals surface area contributed by atoms with Crippen LogP contribution in [0.5, 0.6) is 0 Å². The van der Waals surface area contributed by atoms with Crippen LogP contribution in [-0.2, 0) is 6.54 Å². The fourth-order valence-electron chi connectivity index (χ4n) is 1.78. The third-order valence-electron chi connectivity index (χ3n) is 3.16. The molecule has 0 saturated carbocycles. The summed E-state index contributed by atoms with van der Waals surface area (Å²) in [5.41, 5.74) is 0.748. The van der Waals surface area contributed by atoms with E-state index in [1.165, 1.54) is 4.68 Å². The lowest BCUT2D eigenvalue weighted by atomic mass is 10.4. The van der Waals surface area contributed by atoms with Gasteiger partial charge in [-0.15, -0.1) is 11.3 Å². The molecular formula is C14H21N5OS. The number of nitrogens with one attached hydrogen (secondary N) is 1. The highest BCUT2D eigenvalue weighted by atomic mass is 32.1. The summed E-state index contributed by atoms with van der Waals surface area (Å²) in [5, 5.41) is 8.37. The molecule has 2 rings (SSSR count). The average molecular weight is 307 g/mol. The first-order valence-electron chi connectivity index (χ1n) is 7.11. The second kappa shape index (κ2) is 7.21. The first-order chi connectivity index (χ1) is 10.1. The van der Waals surface area contributed by atoms with Crippen LogP contribution in [-0.4, -0.2) is 34.9 Å². The molecule has 2 aromatic heterocycles. The lowest BCUT2D eigenvalue weighted by Gasteiger charge is -2.16. The zero-order valence-electron chi connectivity index (χ0n) is 12.7. The van der Waals surface area contributed by atoms with Crippen LogP contribution in [0.25, 0.3) is 0 Å². The Morgan fingerprint density at radius 1 is 1.38 bits per heavy atom. The van der Waals surface area contributed by atoms with Crippen LogP contribution in [0, 0.1) is 0 Å². The van der Waals surface area contributed by atoms with Crippen molar-refractivity contribution in [3.05, 3.63) is 33.7 Å². The van der Waals surface area contributed by atoms with Crippen molar-refractivity contribution in [2.45, 2.75) is 26.8 Å². The predicted molar refractivity (Wildman–Crippen MR) is 87.4 cm³/mol. The molecule has 0 aromatic carbocycles. The van der Waals surface area contributed by atoms with Gasteiger partial charge in [0.25, 0.3) is 5.56 Å². The number of thiazole rings is 1. The Morgan fingerprint density at radius 2 is 2.19 bits per heavy atom. The minimum atomic E-state index is -0.0933. The minimum absolute atomic E-state index is 0.0933. The van der Waals surface area contributed by atoms with Crippen molar-refractivity contribution in [1.29, 1.82) is 0 Å². The summed E-state index contributed by atoms with van der Waals surface area (Å²) in [4.78, 5) is 19.4.